The fourth-order valence-electron chi connectivity index (χ4n) is 2.06. The van der Waals surface area contributed by atoms with E-state index >= 15 is 0 Å². The number of benzene rings is 1. The van der Waals surface area contributed by atoms with E-state index in [1.807, 2.05) is 19.2 Å². The summed E-state index contributed by atoms with van der Waals surface area (Å²) >= 11 is 6.08. The summed E-state index contributed by atoms with van der Waals surface area (Å²) in [5.74, 6) is 1.58. The first-order chi connectivity index (χ1) is 9.21. The number of nitrogens with one attached hydrogen (secondary N) is 1. The van der Waals surface area contributed by atoms with Crippen molar-refractivity contribution in [2.45, 2.75) is 13.3 Å². The average Bonchev–Trinajstić information content (AvgIpc) is 2.46. The Hall–Kier alpha value is -1.81. The maximum Gasteiger partial charge on any atom is 0.132 e. The van der Waals surface area contributed by atoms with Crippen molar-refractivity contribution in [3.05, 3.63) is 35.1 Å². The van der Waals surface area contributed by atoms with Crippen molar-refractivity contribution >= 4 is 17.4 Å². The van der Waals surface area contributed by atoms with Crippen LogP contribution in [-0.2, 0) is 6.42 Å². The quantitative estimate of drug-likeness (QED) is 0.930. The number of hydrogen-bond donors (Lipinski definition) is 1. The van der Waals surface area contributed by atoms with Gasteiger partial charge in [-0.3, -0.25) is 0 Å². The molecule has 2 aromatic rings. The minimum Gasteiger partial charge on any atom is -0.496 e. The van der Waals surface area contributed by atoms with E-state index in [1.165, 1.54) is 0 Å². The summed E-state index contributed by atoms with van der Waals surface area (Å²) in [5, 5.41) is 3.74. The molecular formula is C14H16ClN3O. The Balaban J connectivity index is 2.67. The van der Waals surface area contributed by atoms with E-state index in [9.17, 15) is 0 Å². The van der Waals surface area contributed by atoms with Gasteiger partial charge in [0.05, 0.1) is 12.8 Å². The Morgan fingerprint density at radius 1 is 1.32 bits per heavy atom. The van der Waals surface area contributed by atoms with Crippen LogP contribution < -0.4 is 10.1 Å². The molecular weight excluding hydrogens is 262 g/mol. The highest BCUT2D eigenvalue weighted by Gasteiger charge is 2.15. The number of ether oxygens (including phenoxy) is 1. The van der Waals surface area contributed by atoms with Crippen LogP contribution >= 0.6 is 11.6 Å². The molecule has 0 saturated carbocycles. The number of rotatable bonds is 4. The summed E-state index contributed by atoms with van der Waals surface area (Å²) < 4.78 is 5.39. The van der Waals surface area contributed by atoms with E-state index in [0.29, 0.717) is 5.02 Å². The van der Waals surface area contributed by atoms with Crippen molar-refractivity contribution in [1.82, 2.24) is 9.97 Å². The lowest BCUT2D eigenvalue weighted by Gasteiger charge is -2.14. The molecule has 0 aliphatic rings. The highest BCUT2D eigenvalue weighted by Crippen LogP contribution is 2.34. The molecule has 0 amide bonds. The zero-order valence-electron chi connectivity index (χ0n) is 11.2. The molecule has 1 aromatic carbocycles. The smallest absolute Gasteiger partial charge is 0.132 e. The fraction of sp³-hybridized carbons (Fsp3) is 0.286. The maximum atomic E-state index is 6.08. The van der Waals surface area contributed by atoms with Gasteiger partial charge in [0.2, 0.25) is 0 Å². The minimum atomic E-state index is 0.655. The van der Waals surface area contributed by atoms with Gasteiger partial charge in [0.15, 0.2) is 0 Å². The third-order valence-corrected chi connectivity index (χ3v) is 3.19. The van der Waals surface area contributed by atoms with Crippen LogP contribution in [0.15, 0.2) is 24.5 Å². The number of halogens is 1. The van der Waals surface area contributed by atoms with Crippen molar-refractivity contribution in [1.29, 1.82) is 0 Å². The summed E-state index contributed by atoms with van der Waals surface area (Å²) in [6.45, 7) is 2.07. The summed E-state index contributed by atoms with van der Waals surface area (Å²) in [7, 11) is 3.49. The van der Waals surface area contributed by atoms with Gasteiger partial charge < -0.3 is 10.1 Å². The molecule has 1 heterocycles. The standard InChI is InChI=1S/C14H16ClN3O/c1-4-10-13(17-8-18-14(10)16-2)11-7-9(15)5-6-12(11)19-3/h5-8H,4H2,1-3H3,(H,16,17,18). The Labute approximate surface area is 117 Å². The third-order valence-electron chi connectivity index (χ3n) is 2.95. The normalized spacial score (nSPS) is 10.3. The molecule has 0 atom stereocenters. The molecule has 4 nitrogen and oxygen atoms in total. The van der Waals surface area contributed by atoms with E-state index in [4.69, 9.17) is 16.3 Å². The zero-order valence-corrected chi connectivity index (χ0v) is 12.0. The van der Waals surface area contributed by atoms with Crippen LogP contribution in [0.25, 0.3) is 11.3 Å². The molecule has 0 aliphatic carbocycles. The molecule has 1 aromatic heterocycles. The summed E-state index contributed by atoms with van der Waals surface area (Å²) in [6, 6.07) is 5.51. The van der Waals surface area contributed by atoms with Crippen molar-refractivity contribution in [3.63, 3.8) is 0 Å². The monoisotopic (exact) mass is 277 g/mol. The Morgan fingerprint density at radius 3 is 2.74 bits per heavy atom. The molecule has 0 fully saturated rings. The van der Waals surface area contributed by atoms with Gasteiger partial charge in [-0.1, -0.05) is 18.5 Å². The van der Waals surface area contributed by atoms with Gasteiger partial charge in [0, 0.05) is 23.2 Å². The molecule has 2 rings (SSSR count). The van der Waals surface area contributed by atoms with Gasteiger partial charge in [-0.15, -0.1) is 0 Å². The summed E-state index contributed by atoms with van der Waals surface area (Å²) in [5.41, 5.74) is 2.78. The van der Waals surface area contributed by atoms with Crippen LogP contribution in [0.2, 0.25) is 5.02 Å². The van der Waals surface area contributed by atoms with Gasteiger partial charge in [0.1, 0.15) is 17.9 Å². The Kier molecular flexibility index (Phi) is 4.22. The lowest BCUT2D eigenvalue weighted by molar-refractivity contribution is 0.416. The zero-order chi connectivity index (χ0) is 13.8. The molecule has 0 saturated heterocycles. The number of anilines is 1. The maximum absolute atomic E-state index is 6.08. The third kappa shape index (κ3) is 2.63. The predicted octanol–water partition coefficient (Wildman–Crippen LogP) is 3.41. The average molecular weight is 278 g/mol. The van der Waals surface area contributed by atoms with Crippen LogP contribution in [0.3, 0.4) is 0 Å². The molecule has 0 radical (unpaired) electrons. The van der Waals surface area contributed by atoms with Gasteiger partial charge in [0.25, 0.3) is 0 Å². The number of methoxy groups -OCH3 is 1. The lowest BCUT2D eigenvalue weighted by Crippen LogP contribution is -2.03. The van der Waals surface area contributed by atoms with Crippen LogP contribution in [0.5, 0.6) is 5.75 Å². The second kappa shape index (κ2) is 5.89. The predicted molar refractivity (Wildman–Crippen MR) is 78.0 cm³/mol. The Morgan fingerprint density at radius 2 is 2.11 bits per heavy atom. The van der Waals surface area contributed by atoms with Gasteiger partial charge in [-0.25, -0.2) is 9.97 Å². The van der Waals surface area contributed by atoms with Crippen molar-refractivity contribution < 1.29 is 4.74 Å². The van der Waals surface area contributed by atoms with E-state index in [0.717, 1.165) is 34.8 Å². The van der Waals surface area contributed by atoms with Gasteiger partial charge >= 0.3 is 0 Å². The minimum absolute atomic E-state index is 0.655. The lowest BCUT2D eigenvalue weighted by atomic mass is 10.0. The van der Waals surface area contributed by atoms with Crippen molar-refractivity contribution in [3.8, 4) is 17.0 Å². The first kappa shape index (κ1) is 13.6. The number of nitrogens with zero attached hydrogens (tertiary/aromatic N) is 2. The second-order valence-electron chi connectivity index (χ2n) is 4.00. The molecule has 5 heteroatoms. The van der Waals surface area contributed by atoms with E-state index in [-0.39, 0.29) is 0 Å². The fourth-order valence-corrected chi connectivity index (χ4v) is 2.23. The van der Waals surface area contributed by atoms with Gasteiger partial charge in [-0.05, 0) is 24.6 Å². The van der Waals surface area contributed by atoms with Crippen molar-refractivity contribution in [2.75, 3.05) is 19.5 Å². The molecule has 0 unspecified atom stereocenters. The molecule has 100 valence electrons. The highest BCUT2D eigenvalue weighted by molar-refractivity contribution is 6.31. The molecule has 19 heavy (non-hydrogen) atoms. The van der Waals surface area contributed by atoms with Crippen molar-refractivity contribution in [2.24, 2.45) is 0 Å². The second-order valence-corrected chi connectivity index (χ2v) is 4.43. The molecule has 1 N–H and O–H groups in total. The SMILES string of the molecule is CCc1c(NC)ncnc1-c1cc(Cl)ccc1OC. The molecule has 0 aliphatic heterocycles. The van der Waals surface area contributed by atoms with E-state index < -0.39 is 0 Å². The number of aromatic nitrogens is 2. The largest absolute Gasteiger partial charge is 0.496 e. The van der Waals surface area contributed by atoms with Crippen LogP contribution in [0.4, 0.5) is 5.82 Å². The Bertz CT molecular complexity index is 587. The topological polar surface area (TPSA) is 47.0 Å². The summed E-state index contributed by atoms with van der Waals surface area (Å²) in [6.07, 6.45) is 2.36. The highest BCUT2D eigenvalue weighted by atomic mass is 35.5. The molecule has 0 bridgehead atoms. The first-order valence-corrected chi connectivity index (χ1v) is 6.44. The van der Waals surface area contributed by atoms with Crippen LogP contribution in [-0.4, -0.2) is 24.1 Å². The number of hydrogen-bond acceptors (Lipinski definition) is 4. The van der Waals surface area contributed by atoms with E-state index in [2.05, 4.69) is 22.2 Å². The van der Waals surface area contributed by atoms with Gasteiger partial charge in [-0.2, -0.15) is 0 Å². The van der Waals surface area contributed by atoms with E-state index in [1.54, 1.807) is 19.5 Å². The first-order valence-electron chi connectivity index (χ1n) is 6.06. The van der Waals surface area contributed by atoms with Crippen LogP contribution in [0.1, 0.15) is 12.5 Å². The molecule has 0 spiro atoms. The van der Waals surface area contributed by atoms with Crippen LogP contribution in [0, 0.1) is 0 Å². The summed E-state index contributed by atoms with van der Waals surface area (Å²) in [4.78, 5) is 8.62.